The molecule has 0 bridgehead atoms. The molecule has 2 atom stereocenters. The van der Waals surface area contributed by atoms with E-state index in [0.717, 1.165) is 32.4 Å². The molecule has 1 heterocycles. The fourth-order valence-electron chi connectivity index (χ4n) is 3.11. The lowest BCUT2D eigenvalue weighted by atomic mass is 9.84. The zero-order chi connectivity index (χ0) is 13.8. The highest BCUT2D eigenvalue weighted by Gasteiger charge is 2.33. The monoisotopic (exact) mass is 276 g/mol. The predicted octanol–water partition coefficient (Wildman–Crippen LogP) is 1.13. The summed E-state index contributed by atoms with van der Waals surface area (Å²) in [6.45, 7) is 6.42. The number of nitrogens with zero attached hydrogens (tertiary/aromatic N) is 1. The van der Waals surface area contributed by atoms with E-state index in [4.69, 9.17) is 0 Å². The molecule has 0 aromatic carbocycles. The molecule has 4 nitrogen and oxygen atoms in total. The third kappa shape index (κ3) is 4.52. The molecule has 0 amide bonds. The highest BCUT2D eigenvalue weighted by Crippen LogP contribution is 2.26. The lowest BCUT2D eigenvalue weighted by molar-refractivity contribution is 0.146. The van der Waals surface area contributed by atoms with Crippen LogP contribution in [0.1, 0.15) is 33.1 Å². The summed E-state index contributed by atoms with van der Waals surface area (Å²) in [5.74, 6) is 0.698. The molecule has 1 rings (SSSR count). The summed E-state index contributed by atoms with van der Waals surface area (Å²) < 4.78 is 23.0. The Kier molecular flexibility index (Phi) is 5.62. The van der Waals surface area contributed by atoms with Gasteiger partial charge in [0.2, 0.25) is 0 Å². The Balaban J connectivity index is 2.59. The quantitative estimate of drug-likeness (QED) is 0.757. The molecule has 108 valence electrons. The lowest BCUT2D eigenvalue weighted by Gasteiger charge is -2.36. The second-order valence-corrected chi connectivity index (χ2v) is 8.29. The van der Waals surface area contributed by atoms with E-state index < -0.39 is 9.84 Å². The Morgan fingerprint density at radius 3 is 2.56 bits per heavy atom. The van der Waals surface area contributed by atoms with E-state index in [2.05, 4.69) is 31.1 Å². The second kappa shape index (κ2) is 6.35. The Bertz CT molecular complexity index is 348. The van der Waals surface area contributed by atoms with Gasteiger partial charge in [0.05, 0.1) is 11.5 Å². The van der Waals surface area contributed by atoms with Crippen LogP contribution >= 0.6 is 0 Å². The first-order valence-corrected chi connectivity index (χ1v) is 8.69. The van der Waals surface area contributed by atoms with Gasteiger partial charge in [-0.3, -0.25) is 0 Å². The van der Waals surface area contributed by atoms with Crippen LogP contribution in [0.25, 0.3) is 0 Å². The van der Waals surface area contributed by atoms with Gasteiger partial charge < -0.3 is 10.2 Å². The molecule has 0 saturated carbocycles. The molecule has 0 aromatic rings. The molecule has 1 saturated heterocycles. The van der Waals surface area contributed by atoms with Crippen LogP contribution in [0, 0.1) is 5.41 Å². The lowest BCUT2D eigenvalue weighted by Crippen LogP contribution is -2.44. The van der Waals surface area contributed by atoms with Crippen LogP contribution in [0.3, 0.4) is 0 Å². The molecule has 0 spiro atoms. The normalized spacial score (nSPS) is 26.4. The standard InChI is InChI=1S/C13H28N2O2S/c1-5-7-13(2,10-14-3)11-15(4)12-6-8-18(16,17)9-12/h12,14H,5-11H2,1-4H3. The topological polar surface area (TPSA) is 49.4 Å². The van der Waals surface area contributed by atoms with Crippen LogP contribution < -0.4 is 5.32 Å². The van der Waals surface area contributed by atoms with Gasteiger partial charge in [-0.1, -0.05) is 20.3 Å². The van der Waals surface area contributed by atoms with Crippen molar-refractivity contribution in [2.24, 2.45) is 5.41 Å². The predicted molar refractivity (Wildman–Crippen MR) is 76.6 cm³/mol. The van der Waals surface area contributed by atoms with Crippen molar-refractivity contribution < 1.29 is 8.42 Å². The van der Waals surface area contributed by atoms with Crippen LogP contribution in [-0.4, -0.2) is 58.1 Å². The molecule has 0 radical (unpaired) electrons. The van der Waals surface area contributed by atoms with Crippen molar-refractivity contribution in [1.29, 1.82) is 0 Å². The molecule has 1 aliphatic heterocycles. The fraction of sp³-hybridized carbons (Fsp3) is 1.00. The molecular formula is C13H28N2O2S. The van der Waals surface area contributed by atoms with Crippen molar-refractivity contribution in [2.75, 3.05) is 38.7 Å². The number of hydrogen-bond acceptors (Lipinski definition) is 4. The molecule has 0 aliphatic carbocycles. The SMILES string of the molecule is CCCC(C)(CNC)CN(C)C1CCS(=O)(=O)C1. The zero-order valence-electron chi connectivity index (χ0n) is 12.2. The van der Waals surface area contributed by atoms with Gasteiger partial charge in [-0.05, 0) is 32.4 Å². The first-order valence-electron chi connectivity index (χ1n) is 6.87. The molecule has 18 heavy (non-hydrogen) atoms. The smallest absolute Gasteiger partial charge is 0.151 e. The molecule has 1 aliphatic rings. The minimum Gasteiger partial charge on any atom is -0.319 e. The third-order valence-corrected chi connectivity index (χ3v) is 5.67. The van der Waals surface area contributed by atoms with Gasteiger partial charge in [0.15, 0.2) is 9.84 Å². The van der Waals surface area contributed by atoms with E-state index in [9.17, 15) is 8.42 Å². The summed E-state index contributed by atoms with van der Waals surface area (Å²) in [5, 5.41) is 3.26. The summed E-state index contributed by atoms with van der Waals surface area (Å²) >= 11 is 0. The molecule has 5 heteroatoms. The number of rotatable bonds is 7. The molecule has 1 fully saturated rings. The van der Waals surface area contributed by atoms with E-state index in [1.165, 1.54) is 0 Å². The second-order valence-electron chi connectivity index (χ2n) is 6.06. The first-order chi connectivity index (χ1) is 8.32. The number of hydrogen-bond donors (Lipinski definition) is 1. The van der Waals surface area contributed by atoms with E-state index in [1.54, 1.807) is 0 Å². The van der Waals surface area contributed by atoms with Gasteiger partial charge in [-0.15, -0.1) is 0 Å². The van der Waals surface area contributed by atoms with Crippen LogP contribution in [0.5, 0.6) is 0 Å². The molecular weight excluding hydrogens is 248 g/mol. The van der Waals surface area contributed by atoms with Crippen LogP contribution in [0.15, 0.2) is 0 Å². The minimum absolute atomic E-state index is 0.211. The maximum Gasteiger partial charge on any atom is 0.151 e. The van der Waals surface area contributed by atoms with Gasteiger partial charge in [-0.2, -0.15) is 0 Å². The van der Waals surface area contributed by atoms with Gasteiger partial charge in [0, 0.05) is 19.1 Å². The van der Waals surface area contributed by atoms with Crippen molar-refractivity contribution in [3.63, 3.8) is 0 Å². The summed E-state index contributed by atoms with van der Waals surface area (Å²) in [6.07, 6.45) is 3.12. The first kappa shape index (κ1) is 15.9. The summed E-state index contributed by atoms with van der Waals surface area (Å²) in [6, 6.07) is 0.211. The van der Waals surface area contributed by atoms with Crippen molar-refractivity contribution in [3.05, 3.63) is 0 Å². The van der Waals surface area contributed by atoms with Gasteiger partial charge in [-0.25, -0.2) is 8.42 Å². The van der Waals surface area contributed by atoms with Gasteiger partial charge >= 0.3 is 0 Å². The average molecular weight is 276 g/mol. The Morgan fingerprint density at radius 1 is 1.44 bits per heavy atom. The van der Waals surface area contributed by atoms with Crippen molar-refractivity contribution in [2.45, 2.75) is 39.2 Å². The highest BCUT2D eigenvalue weighted by molar-refractivity contribution is 7.91. The molecule has 0 aromatic heterocycles. The van der Waals surface area contributed by atoms with Crippen molar-refractivity contribution in [1.82, 2.24) is 10.2 Å². The van der Waals surface area contributed by atoms with E-state index in [1.807, 2.05) is 7.05 Å². The van der Waals surface area contributed by atoms with Crippen molar-refractivity contribution >= 4 is 9.84 Å². The molecule has 1 N–H and O–H groups in total. The van der Waals surface area contributed by atoms with Gasteiger partial charge in [0.25, 0.3) is 0 Å². The number of nitrogens with one attached hydrogen (secondary N) is 1. The Labute approximate surface area is 112 Å². The van der Waals surface area contributed by atoms with Crippen molar-refractivity contribution in [3.8, 4) is 0 Å². The minimum atomic E-state index is -2.78. The van der Waals surface area contributed by atoms with Gasteiger partial charge in [0.1, 0.15) is 0 Å². The number of sulfone groups is 1. The summed E-state index contributed by atoms with van der Waals surface area (Å²) in [5.41, 5.74) is 0.227. The summed E-state index contributed by atoms with van der Waals surface area (Å²) in [4.78, 5) is 2.25. The summed E-state index contributed by atoms with van der Waals surface area (Å²) in [7, 11) is 1.27. The Morgan fingerprint density at radius 2 is 2.11 bits per heavy atom. The van der Waals surface area contributed by atoms with Crippen LogP contribution in [0.2, 0.25) is 0 Å². The fourth-order valence-corrected chi connectivity index (χ4v) is 4.91. The van der Waals surface area contributed by atoms with E-state index in [0.29, 0.717) is 11.5 Å². The Hall–Kier alpha value is -0.130. The zero-order valence-corrected chi connectivity index (χ0v) is 13.0. The van der Waals surface area contributed by atoms with Crippen LogP contribution in [0.4, 0.5) is 0 Å². The van der Waals surface area contributed by atoms with E-state index in [-0.39, 0.29) is 11.5 Å². The third-order valence-electron chi connectivity index (χ3n) is 3.92. The van der Waals surface area contributed by atoms with E-state index >= 15 is 0 Å². The largest absolute Gasteiger partial charge is 0.319 e. The maximum atomic E-state index is 11.5. The maximum absolute atomic E-state index is 11.5. The van der Waals surface area contributed by atoms with Crippen LogP contribution in [-0.2, 0) is 9.84 Å². The average Bonchev–Trinajstić information content (AvgIpc) is 2.59. The highest BCUT2D eigenvalue weighted by atomic mass is 32.2. The molecule has 2 unspecified atom stereocenters.